The van der Waals surface area contributed by atoms with E-state index in [4.69, 9.17) is 11.6 Å². The second-order valence-corrected chi connectivity index (χ2v) is 7.42. The molecule has 0 spiro atoms. The monoisotopic (exact) mass is 362 g/mol. The molecule has 4 nitrogen and oxygen atoms in total. The first kappa shape index (κ1) is 16.4. The standard InChI is InChI=1S/C16H15ClN4S2/c1-21-15(12-3-2-8-18-11-12)19-20-16(21)23-10-9-22-14-6-4-13(17)5-7-14/h2-8,11H,9-10H2,1H3. The maximum atomic E-state index is 5.89. The molecule has 0 aliphatic heterocycles. The van der Waals surface area contributed by atoms with Crippen LogP contribution in [0.4, 0.5) is 0 Å². The Morgan fingerprint density at radius 2 is 1.83 bits per heavy atom. The zero-order chi connectivity index (χ0) is 16.1. The van der Waals surface area contributed by atoms with Crippen LogP contribution in [0.3, 0.4) is 0 Å². The molecule has 0 aliphatic carbocycles. The van der Waals surface area contributed by atoms with Crippen LogP contribution in [0.25, 0.3) is 11.4 Å². The molecule has 3 rings (SSSR count). The molecule has 1 aromatic carbocycles. The zero-order valence-electron chi connectivity index (χ0n) is 12.5. The highest BCUT2D eigenvalue weighted by Crippen LogP contribution is 2.25. The van der Waals surface area contributed by atoms with E-state index in [9.17, 15) is 0 Å². The van der Waals surface area contributed by atoms with Crippen molar-refractivity contribution in [2.75, 3.05) is 11.5 Å². The van der Waals surface area contributed by atoms with Gasteiger partial charge >= 0.3 is 0 Å². The fourth-order valence-corrected chi connectivity index (χ4v) is 3.93. The summed E-state index contributed by atoms with van der Waals surface area (Å²) in [7, 11) is 1.98. The topological polar surface area (TPSA) is 43.6 Å². The van der Waals surface area contributed by atoms with Gasteiger partial charge in [0.25, 0.3) is 0 Å². The Labute approximate surface area is 148 Å². The highest BCUT2D eigenvalue weighted by molar-refractivity contribution is 8.02. The van der Waals surface area contributed by atoms with Crippen LogP contribution >= 0.6 is 35.1 Å². The van der Waals surface area contributed by atoms with Gasteiger partial charge in [0.1, 0.15) is 0 Å². The number of nitrogens with zero attached hydrogens (tertiary/aromatic N) is 4. The van der Waals surface area contributed by atoms with Gasteiger partial charge in [0.05, 0.1) is 0 Å². The maximum absolute atomic E-state index is 5.89. The van der Waals surface area contributed by atoms with Crippen molar-refractivity contribution in [3.05, 3.63) is 53.8 Å². The van der Waals surface area contributed by atoms with E-state index in [1.165, 1.54) is 4.90 Å². The summed E-state index contributed by atoms with van der Waals surface area (Å²) in [4.78, 5) is 5.35. The molecule has 0 amide bonds. The summed E-state index contributed by atoms with van der Waals surface area (Å²) in [5.41, 5.74) is 0.977. The summed E-state index contributed by atoms with van der Waals surface area (Å²) >= 11 is 9.40. The number of rotatable bonds is 6. The normalized spacial score (nSPS) is 10.9. The number of hydrogen-bond donors (Lipinski definition) is 0. The largest absolute Gasteiger partial charge is 0.305 e. The first-order chi connectivity index (χ1) is 11.2. The van der Waals surface area contributed by atoms with E-state index in [0.717, 1.165) is 33.1 Å². The van der Waals surface area contributed by atoms with Gasteiger partial charge in [-0.1, -0.05) is 23.4 Å². The first-order valence-corrected chi connectivity index (χ1v) is 9.40. The molecule has 0 radical (unpaired) electrons. The van der Waals surface area contributed by atoms with Crippen LogP contribution in [0.2, 0.25) is 5.02 Å². The molecule has 0 N–H and O–H groups in total. The van der Waals surface area contributed by atoms with Gasteiger partial charge in [-0.2, -0.15) is 0 Å². The minimum atomic E-state index is 0.769. The lowest BCUT2D eigenvalue weighted by molar-refractivity contribution is 0.794. The minimum absolute atomic E-state index is 0.769. The molecule has 0 saturated carbocycles. The SMILES string of the molecule is Cn1c(SCCSc2ccc(Cl)cc2)nnc1-c1cccnc1. The van der Waals surface area contributed by atoms with Crippen LogP contribution < -0.4 is 0 Å². The van der Waals surface area contributed by atoms with Crippen molar-refractivity contribution in [3.63, 3.8) is 0 Å². The second kappa shape index (κ2) is 7.86. The third kappa shape index (κ3) is 4.28. The lowest BCUT2D eigenvalue weighted by Crippen LogP contribution is -1.96. The zero-order valence-corrected chi connectivity index (χ0v) is 14.9. The number of halogens is 1. The molecule has 23 heavy (non-hydrogen) atoms. The number of hydrogen-bond acceptors (Lipinski definition) is 5. The van der Waals surface area contributed by atoms with E-state index in [1.807, 2.05) is 59.8 Å². The van der Waals surface area contributed by atoms with Crippen LogP contribution in [0.5, 0.6) is 0 Å². The van der Waals surface area contributed by atoms with Crippen molar-refractivity contribution in [1.82, 2.24) is 19.7 Å². The molecule has 0 fully saturated rings. The fraction of sp³-hybridized carbons (Fsp3) is 0.188. The Morgan fingerprint density at radius 3 is 2.57 bits per heavy atom. The number of aromatic nitrogens is 4. The van der Waals surface area contributed by atoms with E-state index in [0.29, 0.717) is 0 Å². The molecular formula is C16H15ClN4S2. The Bertz CT molecular complexity index is 760. The fourth-order valence-electron chi connectivity index (χ4n) is 2.01. The van der Waals surface area contributed by atoms with Gasteiger partial charge < -0.3 is 4.57 Å². The second-order valence-electron chi connectivity index (χ2n) is 4.76. The highest BCUT2D eigenvalue weighted by Gasteiger charge is 2.10. The van der Waals surface area contributed by atoms with Crippen molar-refractivity contribution in [2.45, 2.75) is 10.1 Å². The molecular weight excluding hydrogens is 348 g/mol. The van der Waals surface area contributed by atoms with Crippen LogP contribution in [-0.2, 0) is 7.05 Å². The first-order valence-electron chi connectivity index (χ1n) is 7.05. The van der Waals surface area contributed by atoms with Crippen LogP contribution in [0, 0.1) is 0 Å². The average molecular weight is 363 g/mol. The molecule has 0 atom stereocenters. The molecule has 0 saturated heterocycles. The van der Waals surface area contributed by atoms with E-state index in [-0.39, 0.29) is 0 Å². The third-order valence-corrected chi connectivity index (χ3v) is 5.70. The van der Waals surface area contributed by atoms with Gasteiger partial charge in [-0.3, -0.25) is 4.98 Å². The van der Waals surface area contributed by atoms with Crippen molar-refractivity contribution < 1.29 is 0 Å². The van der Waals surface area contributed by atoms with E-state index in [2.05, 4.69) is 15.2 Å². The van der Waals surface area contributed by atoms with Crippen LogP contribution in [0.15, 0.2) is 58.8 Å². The summed E-state index contributed by atoms with van der Waals surface area (Å²) in [6.45, 7) is 0. The van der Waals surface area contributed by atoms with Gasteiger partial charge in [-0.05, 0) is 36.4 Å². The Balaban J connectivity index is 1.55. The summed E-state index contributed by atoms with van der Waals surface area (Å²) in [6.07, 6.45) is 3.55. The molecule has 2 heterocycles. The van der Waals surface area contributed by atoms with Crippen molar-refractivity contribution in [2.24, 2.45) is 7.05 Å². The highest BCUT2D eigenvalue weighted by atomic mass is 35.5. The molecule has 118 valence electrons. The number of thioether (sulfide) groups is 2. The number of benzene rings is 1. The summed E-state index contributed by atoms with van der Waals surface area (Å²) in [5.74, 6) is 2.80. The molecule has 2 aromatic heterocycles. The van der Waals surface area contributed by atoms with Crippen molar-refractivity contribution >= 4 is 35.1 Å². The minimum Gasteiger partial charge on any atom is -0.305 e. The van der Waals surface area contributed by atoms with E-state index < -0.39 is 0 Å². The third-order valence-electron chi connectivity index (χ3n) is 3.15. The quantitative estimate of drug-likeness (QED) is 0.480. The summed E-state index contributed by atoms with van der Waals surface area (Å²) < 4.78 is 2.01. The summed E-state index contributed by atoms with van der Waals surface area (Å²) in [6, 6.07) is 11.8. The van der Waals surface area contributed by atoms with Gasteiger partial charge in [0, 0.05) is 46.4 Å². The Morgan fingerprint density at radius 1 is 1.04 bits per heavy atom. The smallest absolute Gasteiger partial charge is 0.191 e. The van der Waals surface area contributed by atoms with Crippen LogP contribution in [-0.4, -0.2) is 31.3 Å². The van der Waals surface area contributed by atoms with Crippen molar-refractivity contribution in [1.29, 1.82) is 0 Å². The molecule has 7 heteroatoms. The summed E-state index contributed by atoms with van der Waals surface area (Å²) in [5, 5.41) is 10.2. The number of pyridine rings is 1. The lowest BCUT2D eigenvalue weighted by Gasteiger charge is -2.04. The Kier molecular flexibility index (Phi) is 5.59. The maximum Gasteiger partial charge on any atom is 0.191 e. The predicted molar refractivity (Wildman–Crippen MR) is 97.1 cm³/mol. The van der Waals surface area contributed by atoms with Gasteiger partial charge in [-0.15, -0.1) is 22.0 Å². The van der Waals surface area contributed by atoms with Crippen LogP contribution in [0.1, 0.15) is 0 Å². The predicted octanol–water partition coefficient (Wildman–Crippen LogP) is 4.41. The molecule has 0 unspecified atom stereocenters. The lowest BCUT2D eigenvalue weighted by atomic mass is 10.3. The van der Waals surface area contributed by atoms with Gasteiger partial charge in [-0.25, -0.2) is 0 Å². The molecule has 0 aliphatic rings. The van der Waals surface area contributed by atoms with E-state index in [1.54, 1.807) is 24.2 Å². The Hall–Kier alpha value is -1.50. The van der Waals surface area contributed by atoms with Gasteiger partial charge in [0.15, 0.2) is 11.0 Å². The average Bonchev–Trinajstić information content (AvgIpc) is 2.95. The molecule has 0 bridgehead atoms. The molecule has 3 aromatic rings. The van der Waals surface area contributed by atoms with Gasteiger partial charge in [0.2, 0.25) is 0 Å². The van der Waals surface area contributed by atoms with Crippen molar-refractivity contribution in [3.8, 4) is 11.4 Å². The van der Waals surface area contributed by atoms with E-state index >= 15 is 0 Å².